The molecule has 1 heterocycles. The Hall–Kier alpha value is -0.960. The van der Waals surface area contributed by atoms with E-state index in [0.29, 0.717) is 6.42 Å². The lowest BCUT2D eigenvalue weighted by atomic mass is 9.98. The van der Waals surface area contributed by atoms with Crippen molar-refractivity contribution < 1.29 is 14.3 Å². The molecule has 2 aliphatic rings. The van der Waals surface area contributed by atoms with Crippen LogP contribution in [0.2, 0.25) is 0 Å². The fourth-order valence-electron chi connectivity index (χ4n) is 7.48. The standard InChI is InChI=1S/C45H79IN2O3/c1-4-6-8-10-12-14-16-18-20-22-24-26-28-30-32-34-37-45(36-33-31-29-27-25-23-21-19-17-15-13-11-9-7-5-2)50-42-39-41(40-43(42)51-45)47-44(49)35-38-48(3)46/h6,8,12,14,17-20,41-43H,4-5,7,9-11,13,15-16,21-40H2,1-3H3,(H,47,49)/b8-6-,14-12-,19-17-,20-18-/t41-,42-,43+,45?. The van der Waals surface area contributed by atoms with E-state index >= 15 is 0 Å². The van der Waals surface area contributed by atoms with Gasteiger partial charge >= 0.3 is 0 Å². The molecular formula is C45H79IN2O3. The Balaban J connectivity index is 1.64. The Morgan fingerprint density at radius 1 is 0.647 bits per heavy atom. The Bertz CT molecular complexity index is 947. The number of hydrogen-bond acceptors (Lipinski definition) is 4. The number of fused-ring (bicyclic) bond motifs is 1. The van der Waals surface area contributed by atoms with Crippen LogP contribution >= 0.6 is 22.9 Å². The van der Waals surface area contributed by atoms with Crippen molar-refractivity contribution in [1.29, 1.82) is 0 Å². The SMILES string of the molecule is CC/C=C\C/C=C\C/C=C\CCCCCCCCC1(CCCCCCCC/C=C\CCCCCCC)O[C@H]2C[C@H](NC(=O)CCN(C)I)C[C@H]2O1. The molecule has 0 aromatic carbocycles. The first-order chi connectivity index (χ1) is 25.0. The summed E-state index contributed by atoms with van der Waals surface area (Å²) in [5.74, 6) is -0.274. The highest BCUT2D eigenvalue weighted by atomic mass is 127. The van der Waals surface area contributed by atoms with Gasteiger partial charge in [0, 0.05) is 54.7 Å². The maximum atomic E-state index is 12.5. The minimum absolute atomic E-state index is 0.119. The van der Waals surface area contributed by atoms with Crippen LogP contribution in [0.4, 0.5) is 0 Å². The van der Waals surface area contributed by atoms with E-state index < -0.39 is 5.79 Å². The van der Waals surface area contributed by atoms with Gasteiger partial charge in [-0.2, -0.15) is 0 Å². The van der Waals surface area contributed by atoms with Gasteiger partial charge in [0.15, 0.2) is 5.79 Å². The van der Waals surface area contributed by atoms with Crippen LogP contribution in [0.15, 0.2) is 48.6 Å². The highest BCUT2D eigenvalue weighted by Gasteiger charge is 2.51. The predicted octanol–water partition coefficient (Wildman–Crippen LogP) is 13.4. The van der Waals surface area contributed by atoms with Crippen molar-refractivity contribution in [3.63, 3.8) is 0 Å². The number of nitrogens with zero attached hydrogens (tertiary/aromatic N) is 1. The number of allylic oxidation sites excluding steroid dienone is 8. The topological polar surface area (TPSA) is 50.8 Å². The molecule has 2 fully saturated rings. The molecule has 294 valence electrons. The van der Waals surface area contributed by atoms with Crippen LogP contribution in [0, 0.1) is 0 Å². The maximum Gasteiger partial charge on any atom is 0.221 e. The van der Waals surface area contributed by atoms with Gasteiger partial charge in [-0.3, -0.25) is 7.91 Å². The number of halogens is 1. The van der Waals surface area contributed by atoms with Gasteiger partial charge in [0.1, 0.15) is 0 Å². The van der Waals surface area contributed by atoms with Crippen LogP contribution in [0.3, 0.4) is 0 Å². The Labute approximate surface area is 329 Å². The summed E-state index contributed by atoms with van der Waals surface area (Å²) in [5.41, 5.74) is 0. The zero-order valence-electron chi connectivity index (χ0n) is 33.4. The summed E-state index contributed by atoms with van der Waals surface area (Å²) in [6.45, 7) is 5.23. The Morgan fingerprint density at radius 3 is 1.57 bits per heavy atom. The largest absolute Gasteiger partial charge is 0.353 e. The molecule has 2 rings (SSSR count). The van der Waals surface area contributed by atoms with Crippen LogP contribution in [-0.4, -0.2) is 46.6 Å². The van der Waals surface area contributed by atoms with Crippen LogP contribution in [0.25, 0.3) is 0 Å². The van der Waals surface area contributed by atoms with Crippen LogP contribution in [-0.2, 0) is 14.3 Å². The molecule has 1 unspecified atom stereocenters. The fraction of sp³-hybridized carbons (Fsp3) is 0.800. The summed E-state index contributed by atoms with van der Waals surface area (Å²) in [4.78, 5) is 12.5. The van der Waals surface area contributed by atoms with Crippen molar-refractivity contribution in [2.24, 2.45) is 0 Å². The van der Waals surface area contributed by atoms with Crippen LogP contribution < -0.4 is 5.32 Å². The van der Waals surface area contributed by atoms with Gasteiger partial charge in [-0.05, 0) is 90.5 Å². The monoisotopic (exact) mass is 823 g/mol. The Morgan fingerprint density at radius 2 is 1.08 bits per heavy atom. The average Bonchev–Trinajstić information content (AvgIpc) is 3.64. The lowest BCUT2D eigenvalue weighted by Crippen LogP contribution is -2.37. The number of carbonyl (C=O) groups is 1. The van der Waals surface area contributed by atoms with Gasteiger partial charge < -0.3 is 14.8 Å². The van der Waals surface area contributed by atoms with Crippen LogP contribution in [0.1, 0.15) is 194 Å². The molecule has 1 aliphatic heterocycles. The van der Waals surface area contributed by atoms with Gasteiger partial charge in [0.2, 0.25) is 5.91 Å². The molecule has 1 N–H and O–H groups in total. The first-order valence-electron chi connectivity index (χ1n) is 21.6. The number of rotatable bonds is 33. The second-order valence-corrected chi connectivity index (χ2v) is 17.0. The highest BCUT2D eigenvalue weighted by molar-refractivity contribution is 14.1. The predicted molar refractivity (Wildman–Crippen MR) is 228 cm³/mol. The first kappa shape index (κ1) is 46.2. The molecule has 0 radical (unpaired) electrons. The van der Waals surface area contributed by atoms with Gasteiger partial charge in [-0.25, -0.2) is 0 Å². The number of unbranched alkanes of at least 4 members (excludes halogenated alkanes) is 17. The van der Waals surface area contributed by atoms with E-state index in [2.05, 4.69) is 90.6 Å². The molecule has 0 aromatic rings. The molecule has 51 heavy (non-hydrogen) atoms. The number of nitrogens with one attached hydrogen (secondary N) is 1. The molecule has 1 saturated carbocycles. The molecule has 1 saturated heterocycles. The normalized spacial score (nSPS) is 22.2. The quantitative estimate of drug-likeness (QED) is 0.0310. The summed E-state index contributed by atoms with van der Waals surface area (Å²) in [6.07, 6.45) is 52.3. The molecular weight excluding hydrogens is 743 g/mol. The van der Waals surface area contributed by atoms with E-state index in [1.807, 2.05) is 10.2 Å². The molecule has 1 aliphatic carbocycles. The minimum atomic E-state index is -0.416. The van der Waals surface area contributed by atoms with Crippen molar-refractivity contribution in [2.45, 2.75) is 218 Å². The molecule has 4 atom stereocenters. The van der Waals surface area contributed by atoms with E-state index in [0.717, 1.165) is 51.5 Å². The van der Waals surface area contributed by atoms with Gasteiger partial charge in [-0.1, -0.05) is 140 Å². The molecule has 0 spiro atoms. The van der Waals surface area contributed by atoms with E-state index in [9.17, 15) is 4.79 Å². The van der Waals surface area contributed by atoms with E-state index in [-0.39, 0.29) is 24.2 Å². The zero-order valence-corrected chi connectivity index (χ0v) is 35.6. The molecule has 0 aromatic heterocycles. The summed E-state index contributed by atoms with van der Waals surface area (Å²) in [7, 11) is 2.00. The molecule has 5 nitrogen and oxygen atoms in total. The average molecular weight is 823 g/mol. The summed E-state index contributed by atoms with van der Waals surface area (Å²) in [6, 6.07) is 0.171. The lowest BCUT2D eigenvalue weighted by molar-refractivity contribution is -0.191. The molecule has 6 heteroatoms. The third-order valence-corrected chi connectivity index (χ3v) is 11.0. The smallest absolute Gasteiger partial charge is 0.221 e. The van der Waals surface area contributed by atoms with Crippen LogP contribution in [0.5, 0.6) is 0 Å². The first-order valence-corrected chi connectivity index (χ1v) is 22.6. The molecule has 0 bridgehead atoms. The fourth-order valence-corrected chi connectivity index (χ4v) is 7.72. The summed E-state index contributed by atoms with van der Waals surface area (Å²) < 4.78 is 15.7. The van der Waals surface area contributed by atoms with E-state index in [4.69, 9.17) is 9.47 Å². The van der Waals surface area contributed by atoms with E-state index in [1.54, 1.807) is 0 Å². The zero-order chi connectivity index (χ0) is 36.7. The number of ether oxygens (including phenoxy) is 2. The van der Waals surface area contributed by atoms with Crippen molar-refractivity contribution in [3.8, 4) is 0 Å². The maximum absolute atomic E-state index is 12.5. The van der Waals surface area contributed by atoms with Gasteiger partial charge in [0.25, 0.3) is 0 Å². The third kappa shape index (κ3) is 24.1. The van der Waals surface area contributed by atoms with Gasteiger partial charge in [0.05, 0.1) is 12.2 Å². The van der Waals surface area contributed by atoms with Crippen molar-refractivity contribution in [2.75, 3.05) is 13.6 Å². The van der Waals surface area contributed by atoms with Crippen molar-refractivity contribution in [3.05, 3.63) is 48.6 Å². The summed E-state index contributed by atoms with van der Waals surface area (Å²) in [5, 5.41) is 3.25. The van der Waals surface area contributed by atoms with Crippen molar-refractivity contribution in [1.82, 2.24) is 8.43 Å². The lowest BCUT2D eigenvalue weighted by Gasteiger charge is -2.30. The third-order valence-electron chi connectivity index (χ3n) is 10.5. The highest BCUT2D eigenvalue weighted by Crippen LogP contribution is 2.44. The second kappa shape index (κ2) is 31.4. The van der Waals surface area contributed by atoms with Crippen molar-refractivity contribution >= 4 is 28.8 Å². The molecule has 1 amide bonds. The minimum Gasteiger partial charge on any atom is -0.353 e. The second-order valence-electron chi connectivity index (χ2n) is 15.3. The number of amides is 1. The van der Waals surface area contributed by atoms with E-state index in [1.165, 1.54) is 128 Å². The number of carbonyl (C=O) groups excluding carboxylic acids is 1. The summed E-state index contributed by atoms with van der Waals surface area (Å²) >= 11 is 2.23. The van der Waals surface area contributed by atoms with Gasteiger partial charge in [-0.15, -0.1) is 0 Å². The number of hydrogen-bond donors (Lipinski definition) is 1. The Kier molecular flexibility index (Phi) is 28.4.